The Bertz CT molecular complexity index is 3720. The van der Waals surface area contributed by atoms with Crippen molar-refractivity contribution < 1.29 is 38.1 Å². The predicted molar refractivity (Wildman–Crippen MR) is 349 cm³/mol. The van der Waals surface area contributed by atoms with Gasteiger partial charge in [0.05, 0.1) is 22.5 Å². The second-order valence-electron chi connectivity index (χ2n) is 24.2. The molecule has 2 amide bonds. The minimum absolute atomic E-state index is 0.419. The molecular weight excluding hydrogens is 1100 g/mol. The van der Waals surface area contributed by atoms with E-state index in [4.69, 9.17) is 18.9 Å². The molecule has 2 atom stereocenters. The maximum absolute atomic E-state index is 13.9. The Hall–Kier alpha value is -9.16. The fourth-order valence-corrected chi connectivity index (χ4v) is 13.7. The Kier molecular flexibility index (Phi) is 16.3. The summed E-state index contributed by atoms with van der Waals surface area (Å²) < 4.78 is 27.0. The first kappa shape index (κ1) is 59.2. The summed E-state index contributed by atoms with van der Waals surface area (Å²) in [4.78, 5) is 63.0. The number of carbonyl (C=O) groups is 4. The highest BCUT2D eigenvalue weighted by atomic mass is 16.6. The molecule has 0 saturated carbocycles. The monoisotopic (exact) mass is 1170 g/mol. The Morgan fingerprint density at radius 1 is 0.420 bits per heavy atom. The number of carbonyl (C=O) groups excluding carboxylic acids is 4. The van der Waals surface area contributed by atoms with Crippen LogP contribution < -0.4 is 29.1 Å². The van der Waals surface area contributed by atoms with Gasteiger partial charge >= 0.3 is 11.9 Å². The van der Waals surface area contributed by atoms with E-state index in [2.05, 4.69) is 99.9 Å². The number of esters is 2. The van der Waals surface area contributed by atoms with Gasteiger partial charge in [0, 0.05) is 99.9 Å². The lowest BCUT2D eigenvalue weighted by Gasteiger charge is -2.38. The molecule has 12 nitrogen and oxygen atoms in total. The first-order chi connectivity index (χ1) is 42.8. The zero-order valence-corrected chi connectivity index (χ0v) is 51.9. The van der Waals surface area contributed by atoms with Gasteiger partial charge in [0.15, 0.2) is 11.2 Å². The molecule has 0 fully saturated rings. The van der Waals surface area contributed by atoms with Gasteiger partial charge in [0.1, 0.15) is 23.0 Å². The zero-order chi connectivity index (χ0) is 61.5. The molecule has 0 saturated heterocycles. The van der Waals surface area contributed by atoms with Crippen LogP contribution in [0.1, 0.15) is 176 Å². The van der Waals surface area contributed by atoms with Gasteiger partial charge < -0.3 is 28.7 Å². The van der Waals surface area contributed by atoms with Crippen LogP contribution in [-0.2, 0) is 35.7 Å². The molecule has 88 heavy (non-hydrogen) atoms. The van der Waals surface area contributed by atoms with Gasteiger partial charge in [0.25, 0.3) is 0 Å². The van der Waals surface area contributed by atoms with E-state index in [1.54, 1.807) is 21.9 Å². The first-order valence-corrected chi connectivity index (χ1v) is 31.6. The molecule has 0 aliphatic carbocycles. The van der Waals surface area contributed by atoms with Crippen LogP contribution in [0.25, 0.3) is 0 Å². The summed E-state index contributed by atoms with van der Waals surface area (Å²) in [5.74, 6) is 1.53. The first-order valence-electron chi connectivity index (χ1n) is 31.6. The Labute approximate surface area is 517 Å². The normalized spacial score (nSPS) is 17.0. The fraction of sp³-hybridized carbons (Fsp3) is 0.316. The van der Waals surface area contributed by atoms with Crippen LogP contribution in [-0.4, -0.2) is 50.9 Å². The second-order valence-corrected chi connectivity index (χ2v) is 24.2. The van der Waals surface area contributed by atoms with E-state index in [0.29, 0.717) is 68.0 Å². The Morgan fingerprint density at radius 3 is 1.12 bits per heavy atom. The van der Waals surface area contributed by atoms with Gasteiger partial charge in [-0.15, -0.1) is 0 Å². The number of aryl methyl sites for hydroxylation is 2. The quantitative estimate of drug-likeness (QED) is 0.0452. The number of nitrogens with zero attached hydrogens (tertiary/aromatic N) is 4. The van der Waals surface area contributed by atoms with E-state index < -0.39 is 28.6 Å². The number of ether oxygens (including phenoxy) is 4. The molecule has 0 aromatic heterocycles. The summed E-state index contributed by atoms with van der Waals surface area (Å²) in [5, 5.41) is 0. The van der Waals surface area contributed by atoms with Crippen molar-refractivity contribution in [2.24, 2.45) is 0 Å². The molecule has 2 spiro atoms. The molecule has 0 bridgehead atoms. The number of anilines is 6. The predicted octanol–water partition coefficient (Wildman–Crippen LogP) is 17.6. The molecule has 450 valence electrons. The second kappa shape index (κ2) is 24.2. The van der Waals surface area contributed by atoms with E-state index in [0.717, 1.165) is 153 Å². The summed E-state index contributed by atoms with van der Waals surface area (Å²) in [5.41, 5.74) is 10.4. The zero-order valence-electron chi connectivity index (χ0n) is 51.9. The Morgan fingerprint density at radius 2 is 0.773 bits per heavy atom. The standard InChI is InChI=1S/C76H78N4O8/c1-9-14-38-77(39-15-10-2)56-34-36-62-70(44-56)85-68-42-50(6)66(46-64(68)75(62)60-24-20-18-22-58(60)72(83)87-75)79(48-81)54-30-26-52(27-31-54)74(8,13-5)53-28-32-55(33-29-53)80(49-82)67-47-65-69(43-51(67)7)86-71-45-57(78(40-16-11-3)41-17-12-4)35-37-63(71)76(65)61-25-21-19-23-59(61)73(84)88-76/h18-37,42-49H,9-17,38-41H2,1-8H3. The van der Waals surface area contributed by atoms with E-state index >= 15 is 0 Å². The number of amides is 2. The minimum atomic E-state index is -1.33. The highest BCUT2D eigenvalue weighted by molar-refractivity contribution is 5.99. The average molecular weight is 1180 g/mol. The van der Waals surface area contributed by atoms with Crippen molar-refractivity contribution in [2.75, 3.05) is 45.8 Å². The van der Waals surface area contributed by atoms with Gasteiger partial charge in [0.2, 0.25) is 12.8 Å². The minimum Gasteiger partial charge on any atom is -0.456 e. The molecule has 8 aromatic rings. The van der Waals surface area contributed by atoms with Crippen LogP contribution in [0.5, 0.6) is 23.0 Å². The summed E-state index contributed by atoms with van der Waals surface area (Å²) >= 11 is 0. The third kappa shape index (κ3) is 9.85. The molecule has 12 heteroatoms. The van der Waals surface area contributed by atoms with Crippen LogP contribution >= 0.6 is 0 Å². The summed E-state index contributed by atoms with van der Waals surface area (Å²) in [6.45, 7) is 20.8. The van der Waals surface area contributed by atoms with E-state index in [1.807, 2.05) is 111 Å². The fourth-order valence-electron chi connectivity index (χ4n) is 13.7. The van der Waals surface area contributed by atoms with Gasteiger partial charge in [-0.1, -0.05) is 128 Å². The van der Waals surface area contributed by atoms with Crippen LogP contribution in [0.3, 0.4) is 0 Å². The topological polar surface area (TPSA) is 118 Å². The lowest BCUT2D eigenvalue weighted by molar-refractivity contribution is -0.107. The third-order valence-corrected chi connectivity index (χ3v) is 18.9. The molecule has 8 aromatic carbocycles. The van der Waals surface area contributed by atoms with Gasteiger partial charge in [-0.2, -0.15) is 0 Å². The molecule has 0 N–H and O–H groups in total. The molecular formula is C76H78N4O8. The average Bonchev–Trinajstić information content (AvgIpc) is 1.53. The van der Waals surface area contributed by atoms with Crippen LogP contribution in [0.2, 0.25) is 0 Å². The van der Waals surface area contributed by atoms with Crippen molar-refractivity contribution in [1.82, 2.24) is 0 Å². The molecule has 12 rings (SSSR count). The van der Waals surface area contributed by atoms with Gasteiger partial charge in [-0.05, 0) is 153 Å². The number of fused-ring (bicyclic) bond motifs is 12. The Balaban J connectivity index is 0.846. The van der Waals surface area contributed by atoms with E-state index in [1.165, 1.54) is 0 Å². The molecule has 0 radical (unpaired) electrons. The summed E-state index contributed by atoms with van der Waals surface area (Å²) in [6, 6.07) is 51.5. The van der Waals surface area contributed by atoms with Gasteiger partial charge in [-0.25, -0.2) is 9.59 Å². The maximum Gasteiger partial charge on any atom is 0.340 e. The lowest BCUT2D eigenvalue weighted by atomic mass is 9.74. The third-order valence-electron chi connectivity index (χ3n) is 18.9. The van der Waals surface area contributed by atoms with Crippen molar-refractivity contribution in [2.45, 2.75) is 130 Å². The van der Waals surface area contributed by atoms with Crippen LogP contribution in [0, 0.1) is 13.8 Å². The number of unbranched alkanes of at least 4 members (excludes halogenated alkanes) is 4. The summed E-state index contributed by atoms with van der Waals surface area (Å²) in [6.07, 6.45) is 11.0. The van der Waals surface area contributed by atoms with Crippen LogP contribution in [0.15, 0.2) is 158 Å². The SMILES string of the molecule is CCCCN(CCCC)c1ccc2c(c1)Oc1cc(C)c(N(C=O)c3ccc(C(C)(CC)c4ccc(N(C=O)c5cc6c(cc5C)Oc5cc(N(CCCC)CCCC)ccc5C65OC(=O)c6ccccc65)cc4)cc3)cc1C21OC(=O)c2ccccc21. The number of hydrogen-bond acceptors (Lipinski definition) is 10. The molecule has 2 unspecified atom stereocenters. The number of rotatable bonds is 23. The van der Waals surface area contributed by atoms with Crippen LogP contribution in [0.4, 0.5) is 34.1 Å². The number of benzene rings is 8. The largest absolute Gasteiger partial charge is 0.456 e. The van der Waals surface area contributed by atoms with Crippen molar-refractivity contribution in [3.8, 4) is 23.0 Å². The number of hydrogen-bond donors (Lipinski definition) is 0. The van der Waals surface area contributed by atoms with Crippen molar-refractivity contribution in [3.63, 3.8) is 0 Å². The summed E-state index contributed by atoms with van der Waals surface area (Å²) in [7, 11) is 0. The van der Waals surface area contributed by atoms with Crippen molar-refractivity contribution >= 4 is 58.9 Å². The van der Waals surface area contributed by atoms with E-state index in [9.17, 15) is 19.2 Å². The molecule has 4 aliphatic heterocycles. The molecule has 4 heterocycles. The van der Waals surface area contributed by atoms with E-state index in [-0.39, 0.29) is 0 Å². The molecule has 4 aliphatic rings. The maximum atomic E-state index is 13.9. The smallest absolute Gasteiger partial charge is 0.340 e. The lowest BCUT2D eigenvalue weighted by Crippen LogP contribution is -2.34. The highest BCUT2D eigenvalue weighted by Crippen LogP contribution is 2.60. The van der Waals surface area contributed by atoms with Gasteiger partial charge in [-0.3, -0.25) is 19.4 Å². The van der Waals surface area contributed by atoms with Crippen molar-refractivity contribution in [1.29, 1.82) is 0 Å². The highest BCUT2D eigenvalue weighted by Gasteiger charge is 2.55. The van der Waals surface area contributed by atoms with Crippen molar-refractivity contribution in [3.05, 3.63) is 224 Å².